The highest BCUT2D eigenvalue weighted by atomic mass is 15.5. The molecule has 1 heterocycles. The van der Waals surface area contributed by atoms with Crippen molar-refractivity contribution in [1.29, 1.82) is 0 Å². The van der Waals surface area contributed by atoms with Gasteiger partial charge in [0, 0.05) is 12.6 Å². The monoisotopic (exact) mass is 188 g/mol. The number of hydrogen-bond donors (Lipinski definition) is 0. The Balaban J connectivity index is 2.30. The Hall–Kier alpha value is -1.71. The highest BCUT2D eigenvalue weighted by molar-refractivity contribution is 5.99. The van der Waals surface area contributed by atoms with Crippen LogP contribution in [0.4, 0.5) is 0 Å². The van der Waals surface area contributed by atoms with Gasteiger partial charge >= 0.3 is 0 Å². The fraction of sp³-hybridized carbons (Fsp3) is 0.300. The predicted octanol–water partition coefficient (Wildman–Crippen LogP) is 2.09. The minimum atomic E-state index is 0.0301. The molecule has 0 saturated carbocycles. The second-order valence-electron chi connectivity index (χ2n) is 3.21. The van der Waals surface area contributed by atoms with Gasteiger partial charge in [-0.3, -0.25) is 5.01 Å². The van der Waals surface area contributed by atoms with Crippen molar-refractivity contribution < 1.29 is 0 Å². The highest BCUT2D eigenvalue weighted by Crippen LogP contribution is 2.11. The summed E-state index contributed by atoms with van der Waals surface area (Å²) in [6.07, 6.45) is 0.0301. The molecule has 4 nitrogen and oxygen atoms in total. The third kappa shape index (κ3) is 1.64. The van der Waals surface area contributed by atoms with Crippen molar-refractivity contribution in [2.24, 2.45) is 15.3 Å². The van der Waals surface area contributed by atoms with Crippen LogP contribution >= 0.6 is 0 Å². The van der Waals surface area contributed by atoms with Gasteiger partial charge in [0.15, 0.2) is 6.17 Å². The molecule has 0 aromatic heterocycles. The maximum atomic E-state index is 4.32. The molecule has 72 valence electrons. The van der Waals surface area contributed by atoms with Crippen molar-refractivity contribution in [1.82, 2.24) is 5.01 Å². The third-order valence-corrected chi connectivity index (χ3v) is 2.14. The molecule has 0 aliphatic carbocycles. The molecule has 0 saturated heterocycles. The highest BCUT2D eigenvalue weighted by Gasteiger charge is 2.13. The largest absolute Gasteiger partial charge is 0.272 e. The summed E-state index contributed by atoms with van der Waals surface area (Å²) in [6.45, 7) is 1.95. The average molecular weight is 188 g/mol. The number of azo groups is 1. The Bertz CT molecular complexity index is 369. The lowest BCUT2D eigenvalue weighted by Crippen LogP contribution is -2.26. The topological polar surface area (TPSA) is 40.3 Å². The molecule has 1 unspecified atom stereocenters. The lowest BCUT2D eigenvalue weighted by atomic mass is 10.2. The predicted molar refractivity (Wildman–Crippen MR) is 55.1 cm³/mol. The molecule has 1 aromatic carbocycles. The maximum absolute atomic E-state index is 4.32. The van der Waals surface area contributed by atoms with Crippen molar-refractivity contribution in [2.45, 2.75) is 13.1 Å². The maximum Gasteiger partial charge on any atom is 0.200 e. The molecule has 0 bridgehead atoms. The van der Waals surface area contributed by atoms with Crippen LogP contribution in [0.2, 0.25) is 0 Å². The van der Waals surface area contributed by atoms with Crippen molar-refractivity contribution in [3.63, 3.8) is 0 Å². The summed E-state index contributed by atoms with van der Waals surface area (Å²) in [5, 5.41) is 14.3. The van der Waals surface area contributed by atoms with E-state index in [-0.39, 0.29) is 6.17 Å². The summed E-state index contributed by atoms with van der Waals surface area (Å²) in [5.74, 6) is 0.672. The molecule has 0 fully saturated rings. The van der Waals surface area contributed by atoms with Gasteiger partial charge in [-0.1, -0.05) is 30.3 Å². The molecule has 4 heteroatoms. The van der Waals surface area contributed by atoms with Gasteiger partial charge in [-0.05, 0) is 6.92 Å². The van der Waals surface area contributed by atoms with E-state index in [1.165, 1.54) is 0 Å². The van der Waals surface area contributed by atoms with Crippen molar-refractivity contribution in [3.8, 4) is 0 Å². The van der Waals surface area contributed by atoms with E-state index in [4.69, 9.17) is 0 Å². The lowest BCUT2D eigenvalue weighted by molar-refractivity contribution is 0.262. The summed E-state index contributed by atoms with van der Waals surface area (Å²) in [7, 11) is 1.89. The summed E-state index contributed by atoms with van der Waals surface area (Å²) in [6, 6.07) is 9.84. The smallest absolute Gasteiger partial charge is 0.200 e. The van der Waals surface area contributed by atoms with Crippen molar-refractivity contribution in [3.05, 3.63) is 35.9 Å². The van der Waals surface area contributed by atoms with Gasteiger partial charge in [0.25, 0.3) is 0 Å². The number of benzene rings is 1. The molecule has 0 N–H and O–H groups in total. The van der Waals surface area contributed by atoms with Gasteiger partial charge in [-0.2, -0.15) is 10.2 Å². The SMILES string of the molecule is CC1N=NC(c2ccccc2)=NN1C. The molecule has 1 atom stereocenters. The number of amidine groups is 1. The van der Waals surface area contributed by atoms with E-state index in [0.717, 1.165) is 5.56 Å². The first kappa shape index (κ1) is 8.87. The summed E-state index contributed by atoms with van der Waals surface area (Å²) in [5.41, 5.74) is 0.995. The zero-order valence-corrected chi connectivity index (χ0v) is 8.25. The van der Waals surface area contributed by atoms with Crippen LogP contribution in [0.25, 0.3) is 0 Å². The molecule has 0 spiro atoms. The Labute approximate surface area is 83.0 Å². The minimum absolute atomic E-state index is 0.0301. The summed E-state index contributed by atoms with van der Waals surface area (Å²) < 4.78 is 0. The van der Waals surface area contributed by atoms with E-state index in [2.05, 4.69) is 15.3 Å². The Morgan fingerprint density at radius 3 is 2.57 bits per heavy atom. The van der Waals surface area contributed by atoms with Crippen molar-refractivity contribution in [2.75, 3.05) is 7.05 Å². The fourth-order valence-corrected chi connectivity index (χ4v) is 1.17. The van der Waals surface area contributed by atoms with E-state index < -0.39 is 0 Å². The summed E-state index contributed by atoms with van der Waals surface area (Å²) >= 11 is 0. The molecule has 1 aliphatic heterocycles. The van der Waals surface area contributed by atoms with Crippen LogP contribution in [0, 0.1) is 0 Å². The van der Waals surface area contributed by atoms with Crippen LogP contribution in [0.15, 0.2) is 45.7 Å². The van der Waals surface area contributed by atoms with E-state index in [0.29, 0.717) is 5.84 Å². The quantitative estimate of drug-likeness (QED) is 0.665. The molecule has 2 rings (SSSR count). The summed E-state index contributed by atoms with van der Waals surface area (Å²) in [4.78, 5) is 0. The number of hydrazone groups is 1. The Kier molecular flexibility index (Phi) is 2.26. The minimum Gasteiger partial charge on any atom is -0.272 e. The van der Waals surface area contributed by atoms with E-state index in [1.807, 2.05) is 44.3 Å². The second-order valence-corrected chi connectivity index (χ2v) is 3.21. The number of hydrogen-bond acceptors (Lipinski definition) is 4. The van der Waals surface area contributed by atoms with E-state index >= 15 is 0 Å². The van der Waals surface area contributed by atoms with E-state index in [1.54, 1.807) is 5.01 Å². The molecule has 1 aromatic rings. The lowest BCUT2D eigenvalue weighted by Gasteiger charge is -2.21. The first-order valence-corrected chi connectivity index (χ1v) is 4.55. The van der Waals surface area contributed by atoms with Crippen LogP contribution in [-0.2, 0) is 0 Å². The van der Waals surface area contributed by atoms with Crippen LogP contribution in [0.5, 0.6) is 0 Å². The fourth-order valence-electron chi connectivity index (χ4n) is 1.17. The molecule has 1 aliphatic rings. The van der Waals surface area contributed by atoms with Gasteiger partial charge in [0.1, 0.15) is 0 Å². The van der Waals surface area contributed by atoms with Crippen molar-refractivity contribution >= 4 is 5.84 Å². The first-order chi connectivity index (χ1) is 6.77. The molecule has 0 radical (unpaired) electrons. The van der Waals surface area contributed by atoms with Gasteiger partial charge in [-0.15, -0.1) is 5.11 Å². The third-order valence-electron chi connectivity index (χ3n) is 2.14. The van der Waals surface area contributed by atoms with E-state index in [9.17, 15) is 0 Å². The zero-order chi connectivity index (χ0) is 9.97. The standard InChI is InChI=1S/C10H12N4/c1-8-11-12-10(13-14(8)2)9-6-4-3-5-7-9/h3-8H,1-2H3. The van der Waals surface area contributed by atoms with Gasteiger partial charge in [-0.25, -0.2) is 0 Å². The molecule has 0 amide bonds. The number of rotatable bonds is 1. The Morgan fingerprint density at radius 2 is 1.93 bits per heavy atom. The normalized spacial score (nSPS) is 20.9. The van der Waals surface area contributed by atoms with Crippen LogP contribution in [-0.4, -0.2) is 24.1 Å². The number of nitrogens with zero attached hydrogens (tertiary/aromatic N) is 4. The van der Waals surface area contributed by atoms with Gasteiger partial charge in [0.05, 0.1) is 0 Å². The first-order valence-electron chi connectivity index (χ1n) is 4.55. The Morgan fingerprint density at radius 1 is 1.21 bits per heavy atom. The second kappa shape index (κ2) is 3.57. The molecule has 14 heavy (non-hydrogen) atoms. The zero-order valence-electron chi connectivity index (χ0n) is 8.25. The van der Waals surface area contributed by atoms with Crippen LogP contribution in [0.3, 0.4) is 0 Å². The van der Waals surface area contributed by atoms with Gasteiger partial charge in [0.2, 0.25) is 5.84 Å². The average Bonchev–Trinajstić information content (AvgIpc) is 2.23. The van der Waals surface area contributed by atoms with Crippen LogP contribution in [0.1, 0.15) is 12.5 Å². The molecular weight excluding hydrogens is 176 g/mol. The van der Waals surface area contributed by atoms with Crippen LogP contribution < -0.4 is 0 Å². The molecular formula is C10H12N4. The van der Waals surface area contributed by atoms with Gasteiger partial charge < -0.3 is 0 Å².